The predicted octanol–water partition coefficient (Wildman–Crippen LogP) is 2.19. The molecule has 0 fully saturated rings. The molecule has 1 aromatic carbocycles. The lowest BCUT2D eigenvalue weighted by Crippen LogP contribution is -2.51. The Morgan fingerprint density at radius 3 is 2.29 bits per heavy atom. The molecule has 0 bridgehead atoms. The highest BCUT2D eigenvalue weighted by molar-refractivity contribution is 6.35. The number of carbonyl (C=O) groups is 2. The molecule has 116 valence electrons. The number of hydrogen-bond acceptors (Lipinski definition) is 3. The minimum atomic E-state index is -1.39. The Morgan fingerprint density at radius 1 is 1.19 bits per heavy atom. The molecule has 3 atom stereocenters. The highest BCUT2D eigenvalue weighted by atomic mass is 35.5. The van der Waals surface area contributed by atoms with Gasteiger partial charge in [0.05, 0.1) is 12.1 Å². The third-order valence-corrected chi connectivity index (χ3v) is 3.37. The molecule has 2 amide bonds. The van der Waals surface area contributed by atoms with Crippen molar-refractivity contribution in [3.63, 3.8) is 0 Å². The lowest BCUT2D eigenvalue weighted by atomic mass is 10.1. The van der Waals surface area contributed by atoms with Crippen molar-refractivity contribution in [1.82, 2.24) is 10.6 Å². The van der Waals surface area contributed by atoms with Crippen molar-refractivity contribution in [1.29, 1.82) is 0 Å². The average molecular weight is 335 g/mol. The number of aliphatic carboxylic acids is 1. The summed E-state index contributed by atoms with van der Waals surface area (Å²) >= 11 is 11.8. The van der Waals surface area contributed by atoms with E-state index >= 15 is 0 Å². The van der Waals surface area contributed by atoms with Gasteiger partial charge in [0.2, 0.25) is 0 Å². The Morgan fingerprint density at radius 2 is 1.81 bits per heavy atom. The van der Waals surface area contributed by atoms with Crippen molar-refractivity contribution >= 4 is 35.2 Å². The number of rotatable bonds is 5. The molecule has 0 spiro atoms. The average Bonchev–Trinajstić information content (AvgIpc) is 2.34. The van der Waals surface area contributed by atoms with Crippen LogP contribution in [0.3, 0.4) is 0 Å². The van der Waals surface area contributed by atoms with E-state index in [-0.39, 0.29) is 0 Å². The number of amides is 2. The SMILES string of the molecule is CC(NC(=O)N[C@H](C(=O)O)[C@@H](C)O)c1ccc(Cl)cc1Cl. The highest BCUT2D eigenvalue weighted by Gasteiger charge is 2.25. The lowest BCUT2D eigenvalue weighted by Gasteiger charge is -2.20. The fourth-order valence-electron chi connectivity index (χ4n) is 1.70. The first kappa shape index (κ1) is 17.6. The number of carboxylic acid groups (broad SMARTS) is 1. The molecule has 0 aliphatic rings. The second-order valence-corrected chi connectivity index (χ2v) is 5.41. The van der Waals surface area contributed by atoms with Crippen molar-refractivity contribution in [2.75, 3.05) is 0 Å². The number of nitrogens with one attached hydrogen (secondary N) is 2. The van der Waals surface area contributed by atoms with Crippen LogP contribution in [0.4, 0.5) is 4.79 Å². The number of carbonyl (C=O) groups excluding carboxylic acids is 1. The van der Waals surface area contributed by atoms with Crippen LogP contribution >= 0.6 is 23.2 Å². The van der Waals surface area contributed by atoms with E-state index in [9.17, 15) is 14.7 Å². The quantitative estimate of drug-likeness (QED) is 0.663. The monoisotopic (exact) mass is 334 g/mol. The maximum atomic E-state index is 11.8. The van der Waals surface area contributed by atoms with E-state index in [0.717, 1.165) is 0 Å². The third-order valence-electron chi connectivity index (χ3n) is 2.81. The number of halogens is 2. The zero-order chi connectivity index (χ0) is 16.2. The molecular formula is C13H16Cl2N2O4. The highest BCUT2D eigenvalue weighted by Crippen LogP contribution is 2.25. The van der Waals surface area contributed by atoms with Crippen LogP contribution in [0.15, 0.2) is 18.2 Å². The van der Waals surface area contributed by atoms with E-state index in [0.29, 0.717) is 15.6 Å². The van der Waals surface area contributed by atoms with E-state index in [2.05, 4.69) is 10.6 Å². The molecule has 0 aliphatic heterocycles. The summed E-state index contributed by atoms with van der Waals surface area (Å²) in [6.07, 6.45) is -1.22. The van der Waals surface area contributed by atoms with Crippen LogP contribution in [-0.4, -0.2) is 34.4 Å². The summed E-state index contributed by atoms with van der Waals surface area (Å²) in [7, 11) is 0. The van der Waals surface area contributed by atoms with Crippen molar-refractivity contribution < 1.29 is 19.8 Å². The summed E-state index contributed by atoms with van der Waals surface area (Å²) < 4.78 is 0. The molecule has 1 aromatic rings. The van der Waals surface area contributed by atoms with Crippen LogP contribution in [0, 0.1) is 0 Å². The molecular weight excluding hydrogens is 319 g/mol. The number of urea groups is 1. The van der Waals surface area contributed by atoms with Gasteiger partial charge in [-0.1, -0.05) is 29.3 Å². The molecule has 0 aromatic heterocycles. The Hall–Kier alpha value is -1.50. The van der Waals surface area contributed by atoms with E-state index in [1.807, 2.05) is 0 Å². The van der Waals surface area contributed by atoms with Crippen LogP contribution in [-0.2, 0) is 4.79 Å². The Labute approximate surface area is 132 Å². The summed E-state index contributed by atoms with van der Waals surface area (Å²) in [6, 6.07) is 2.27. The number of hydrogen-bond donors (Lipinski definition) is 4. The zero-order valence-electron chi connectivity index (χ0n) is 11.4. The van der Waals surface area contributed by atoms with Gasteiger partial charge in [-0.15, -0.1) is 0 Å². The van der Waals surface area contributed by atoms with Crippen LogP contribution in [0.1, 0.15) is 25.5 Å². The van der Waals surface area contributed by atoms with Crippen LogP contribution in [0.25, 0.3) is 0 Å². The number of aliphatic hydroxyl groups excluding tert-OH is 1. The summed E-state index contributed by atoms with van der Waals surface area (Å²) in [4.78, 5) is 22.6. The lowest BCUT2D eigenvalue weighted by molar-refractivity contribution is -0.141. The number of aliphatic hydroxyl groups is 1. The molecule has 0 radical (unpaired) electrons. The molecule has 0 aliphatic carbocycles. The maximum absolute atomic E-state index is 11.8. The fraction of sp³-hybridized carbons (Fsp3) is 0.385. The largest absolute Gasteiger partial charge is 0.480 e. The molecule has 0 saturated heterocycles. The van der Waals surface area contributed by atoms with Crippen LogP contribution < -0.4 is 10.6 Å². The Balaban J connectivity index is 2.71. The summed E-state index contributed by atoms with van der Waals surface area (Å²) in [5, 5.41) is 23.8. The van der Waals surface area contributed by atoms with Gasteiger partial charge in [0.15, 0.2) is 6.04 Å². The first-order valence-electron chi connectivity index (χ1n) is 6.15. The van der Waals surface area contributed by atoms with E-state index < -0.39 is 30.2 Å². The number of carboxylic acids is 1. The van der Waals surface area contributed by atoms with E-state index in [1.165, 1.54) is 6.92 Å². The minimum absolute atomic E-state index is 0.389. The van der Waals surface area contributed by atoms with Gasteiger partial charge < -0.3 is 20.8 Å². The molecule has 0 saturated carbocycles. The van der Waals surface area contributed by atoms with Gasteiger partial charge in [0, 0.05) is 10.0 Å². The van der Waals surface area contributed by atoms with Gasteiger partial charge >= 0.3 is 12.0 Å². The van der Waals surface area contributed by atoms with Gasteiger partial charge in [-0.05, 0) is 31.5 Å². The second-order valence-electron chi connectivity index (χ2n) is 4.56. The molecule has 8 heteroatoms. The summed E-state index contributed by atoms with van der Waals surface area (Å²) in [5.74, 6) is -1.32. The molecule has 6 nitrogen and oxygen atoms in total. The second kappa shape index (κ2) is 7.49. The topological polar surface area (TPSA) is 98.7 Å². The maximum Gasteiger partial charge on any atom is 0.328 e. The summed E-state index contributed by atoms with van der Waals surface area (Å²) in [5.41, 5.74) is 0.639. The summed E-state index contributed by atoms with van der Waals surface area (Å²) in [6.45, 7) is 2.96. The minimum Gasteiger partial charge on any atom is -0.480 e. The smallest absolute Gasteiger partial charge is 0.328 e. The zero-order valence-corrected chi connectivity index (χ0v) is 12.9. The van der Waals surface area contributed by atoms with Gasteiger partial charge in [-0.3, -0.25) is 0 Å². The number of benzene rings is 1. The van der Waals surface area contributed by atoms with E-state index in [4.69, 9.17) is 28.3 Å². The first-order valence-corrected chi connectivity index (χ1v) is 6.90. The Kier molecular flexibility index (Phi) is 6.26. The standard InChI is InChI=1S/C13H16Cl2N2O4/c1-6(9-4-3-8(14)5-10(9)15)16-13(21)17-11(7(2)18)12(19)20/h3-7,11,18H,1-2H3,(H,19,20)(H2,16,17,21)/t6?,7-,11+/m1/s1. The van der Waals surface area contributed by atoms with Crippen molar-refractivity contribution in [2.45, 2.75) is 32.0 Å². The normalized spacial score (nSPS) is 14.9. The molecule has 1 rings (SSSR count). The van der Waals surface area contributed by atoms with E-state index in [1.54, 1.807) is 25.1 Å². The van der Waals surface area contributed by atoms with Crippen molar-refractivity contribution in [3.05, 3.63) is 33.8 Å². The predicted molar refractivity (Wildman–Crippen MR) is 79.6 cm³/mol. The van der Waals surface area contributed by atoms with Gasteiger partial charge in [0.25, 0.3) is 0 Å². The molecule has 21 heavy (non-hydrogen) atoms. The third kappa shape index (κ3) is 5.08. The molecule has 1 unspecified atom stereocenters. The first-order chi connectivity index (χ1) is 9.72. The molecule has 4 N–H and O–H groups in total. The van der Waals surface area contributed by atoms with Gasteiger partial charge in [0.1, 0.15) is 0 Å². The van der Waals surface area contributed by atoms with Crippen molar-refractivity contribution in [3.8, 4) is 0 Å². The van der Waals surface area contributed by atoms with Crippen LogP contribution in [0.5, 0.6) is 0 Å². The fourth-order valence-corrected chi connectivity index (χ4v) is 2.27. The van der Waals surface area contributed by atoms with Crippen LogP contribution in [0.2, 0.25) is 10.0 Å². The van der Waals surface area contributed by atoms with Gasteiger partial charge in [-0.25, -0.2) is 9.59 Å². The Bertz CT molecular complexity index is 537. The van der Waals surface area contributed by atoms with Crippen molar-refractivity contribution in [2.24, 2.45) is 0 Å². The molecule has 0 heterocycles. The van der Waals surface area contributed by atoms with Gasteiger partial charge in [-0.2, -0.15) is 0 Å².